The van der Waals surface area contributed by atoms with Crippen LogP contribution in [0, 0.1) is 11.8 Å². The third-order valence-electron chi connectivity index (χ3n) is 1.52. The predicted octanol–water partition coefficient (Wildman–Crippen LogP) is 1.87. The van der Waals surface area contributed by atoms with Crippen LogP contribution in [0.5, 0.6) is 0 Å². The summed E-state index contributed by atoms with van der Waals surface area (Å²) in [7, 11) is 0. The summed E-state index contributed by atoms with van der Waals surface area (Å²) >= 11 is 1.40. The Morgan fingerprint density at radius 1 is 1.53 bits per heavy atom. The Morgan fingerprint density at radius 2 is 2.33 bits per heavy atom. The number of halogens is 2. The van der Waals surface area contributed by atoms with Gasteiger partial charge in [-0.2, -0.15) is 0 Å². The quantitative estimate of drug-likeness (QED) is 0.803. The lowest BCUT2D eigenvalue weighted by atomic mass is 10.2. The van der Waals surface area contributed by atoms with Crippen molar-refractivity contribution in [3.05, 3.63) is 21.9 Å². The maximum absolute atomic E-state index is 11.8. The van der Waals surface area contributed by atoms with Gasteiger partial charge in [0.25, 0.3) is 6.43 Å². The molecule has 0 saturated heterocycles. The molecule has 1 aromatic rings. The summed E-state index contributed by atoms with van der Waals surface area (Å²) in [6.07, 6.45) is -2.45. The molecule has 1 rings (SSSR count). The lowest BCUT2D eigenvalue weighted by molar-refractivity contribution is 0.0107. The first-order chi connectivity index (χ1) is 7.24. The van der Waals surface area contributed by atoms with Crippen LogP contribution in [0.2, 0.25) is 0 Å². The number of rotatable bonds is 4. The zero-order valence-electron chi connectivity index (χ0n) is 7.87. The molecule has 0 amide bonds. The van der Waals surface area contributed by atoms with Gasteiger partial charge in [0.2, 0.25) is 0 Å². The fraction of sp³-hybridized carbons (Fsp3) is 0.400. The number of hydrogen-bond acceptors (Lipinski definition) is 3. The van der Waals surface area contributed by atoms with Crippen molar-refractivity contribution in [3.63, 3.8) is 0 Å². The average molecular weight is 232 g/mol. The fourth-order valence-electron chi connectivity index (χ4n) is 0.939. The average Bonchev–Trinajstić information content (AvgIpc) is 2.62. The molecule has 82 valence electrons. The van der Waals surface area contributed by atoms with Gasteiger partial charge in [-0.25, -0.2) is 8.78 Å². The minimum Gasteiger partial charge on any atom is -0.384 e. The Bertz CT molecular complexity index is 352. The van der Waals surface area contributed by atoms with Gasteiger partial charge < -0.3 is 9.84 Å². The molecule has 0 spiro atoms. The van der Waals surface area contributed by atoms with E-state index in [4.69, 9.17) is 9.84 Å². The van der Waals surface area contributed by atoms with Gasteiger partial charge in [0.05, 0.1) is 6.61 Å². The van der Waals surface area contributed by atoms with Crippen molar-refractivity contribution >= 4 is 11.3 Å². The van der Waals surface area contributed by atoms with Gasteiger partial charge in [0.1, 0.15) is 13.2 Å². The molecule has 1 aromatic heterocycles. The smallest absolute Gasteiger partial charge is 0.261 e. The van der Waals surface area contributed by atoms with Gasteiger partial charge in [-0.05, 0) is 11.4 Å². The predicted molar refractivity (Wildman–Crippen MR) is 53.9 cm³/mol. The summed E-state index contributed by atoms with van der Waals surface area (Å²) in [5.41, 5.74) is 0.725. The number of aliphatic hydroxyl groups excluding tert-OH is 1. The fourth-order valence-corrected chi connectivity index (χ4v) is 1.71. The molecule has 15 heavy (non-hydrogen) atoms. The Kier molecular flexibility index (Phi) is 5.26. The molecular weight excluding hydrogens is 222 g/mol. The lowest BCUT2D eigenvalue weighted by Gasteiger charge is -2.01. The van der Waals surface area contributed by atoms with Gasteiger partial charge in [-0.1, -0.05) is 11.8 Å². The minimum atomic E-state index is -2.45. The zero-order chi connectivity index (χ0) is 11.1. The van der Waals surface area contributed by atoms with Crippen molar-refractivity contribution in [2.45, 2.75) is 13.0 Å². The SMILES string of the molecule is OCC#Cc1ccsc1COCC(F)F. The van der Waals surface area contributed by atoms with Gasteiger partial charge >= 0.3 is 0 Å². The van der Waals surface area contributed by atoms with E-state index in [2.05, 4.69) is 11.8 Å². The number of hydrogen-bond donors (Lipinski definition) is 1. The molecule has 5 heteroatoms. The molecule has 0 saturated carbocycles. The topological polar surface area (TPSA) is 29.5 Å². The highest BCUT2D eigenvalue weighted by Crippen LogP contribution is 2.17. The number of thiophene rings is 1. The second kappa shape index (κ2) is 6.51. The van der Waals surface area contributed by atoms with Gasteiger partial charge in [-0.3, -0.25) is 0 Å². The number of alkyl halides is 2. The highest BCUT2D eigenvalue weighted by Gasteiger charge is 2.05. The summed E-state index contributed by atoms with van der Waals surface area (Å²) in [5, 5.41) is 10.3. The van der Waals surface area contributed by atoms with Crippen molar-refractivity contribution in [1.29, 1.82) is 0 Å². The van der Waals surface area contributed by atoms with Crippen molar-refractivity contribution in [2.75, 3.05) is 13.2 Å². The van der Waals surface area contributed by atoms with E-state index in [1.54, 1.807) is 6.07 Å². The summed E-state index contributed by atoms with van der Waals surface area (Å²) in [6.45, 7) is -0.643. The van der Waals surface area contributed by atoms with Crippen LogP contribution in [0.3, 0.4) is 0 Å². The van der Waals surface area contributed by atoms with Gasteiger partial charge in [-0.15, -0.1) is 11.3 Å². The molecule has 0 fully saturated rings. The second-order valence-electron chi connectivity index (χ2n) is 2.62. The van der Waals surface area contributed by atoms with E-state index in [1.807, 2.05) is 5.38 Å². The van der Waals surface area contributed by atoms with E-state index in [-0.39, 0.29) is 13.2 Å². The number of ether oxygens (including phenoxy) is 1. The van der Waals surface area contributed by atoms with Crippen molar-refractivity contribution < 1.29 is 18.6 Å². The first-order valence-corrected chi connectivity index (χ1v) is 5.14. The Balaban J connectivity index is 2.50. The monoisotopic (exact) mass is 232 g/mol. The summed E-state index contributed by atoms with van der Waals surface area (Å²) in [5.74, 6) is 5.22. The van der Waals surface area contributed by atoms with Gasteiger partial charge in [0, 0.05) is 10.4 Å². The van der Waals surface area contributed by atoms with Crippen molar-refractivity contribution in [3.8, 4) is 11.8 Å². The number of aliphatic hydroxyl groups is 1. The zero-order valence-corrected chi connectivity index (χ0v) is 8.69. The van der Waals surface area contributed by atoms with Crippen LogP contribution >= 0.6 is 11.3 Å². The molecule has 1 N–H and O–H groups in total. The molecule has 0 aliphatic carbocycles. The normalized spacial score (nSPS) is 10.1. The van der Waals surface area contributed by atoms with Crippen molar-refractivity contribution in [1.82, 2.24) is 0 Å². The molecule has 0 aliphatic heterocycles. The largest absolute Gasteiger partial charge is 0.384 e. The molecular formula is C10H10F2O2S. The van der Waals surface area contributed by atoms with E-state index in [1.165, 1.54) is 11.3 Å². The molecule has 0 atom stereocenters. The summed E-state index contributed by atoms with van der Waals surface area (Å²) in [4.78, 5) is 0.802. The first-order valence-electron chi connectivity index (χ1n) is 4.26. The summed E-state index contributed by atoms with van der Waals surface area (Å²) in [6, 6.07) is 1.77. The maximum atomic E-state index is 11.8. The highest BCUT2D eigenvalue weighted by molar-refractivity contribution is 7.10. The van der Waals surface area contributed by atoms with Crippen LogP contribution in [0.4, 0.5) is 8.78 Å². The standard InChI is InChI=1S/C10H10F2O2S/c11-10(12)7-14-6-9-8(2-1-4-13)3-5-15-9/h3,5,10,13H,4,6-7H2. The molecule has 1 heterocycles. The lowest BCUT2D eigenvalue weighted by Crippen LogP contribution is -2.03. The highest BCUT2D eigenvalue weighted by atomic mass is 32.1. The van der Waals surface area contributed by atoms with Gasteiger partial charge in [0.15, 0.2) is 0 Å². The van der Waals surface area contributed by atoms with Crippen LogP contribution < -0.4 is 0 Å². The van der Waals surface area contributed by atoms with E-state index < -0.39 is 13.0 Å². The van der Waals surface area contributed by atoms with E-state index in [0.29, 0.717) is 0 Å². The third-order valence-corrected chi connectivity index (χ3v) is 2.42. The maximum Gasteiger partial charge on any atom is 0.261 e. The van der Waals surface area contributed by atoms with E-state index in [9.17, 15) is 8.78 Å². The van der Waals surface area contributed by atoms with Crippen LogP contribution in [0.25, 0.3) is 0 Å². The minimum absolute atomic E-state index is 0.136. The third kappa shape index (κ3) is 4.38. The van der Waals surface area contributed by atoms with E-state index in [0.717, 1.165) is 10.4 Å². The molecule has 0 unspecified atom stereocenters. The summed E-state index contributed by atoms with van der Waals surface area (Å²) < 4.78 is 28.4. The first kappa shape index (κ1) is 12.1. The Hall–Kier alpha value is -0.960. The van der Waals surface area contributed by atoms with E-state index >= 15 is 0 Å². The Morgan fingerprint density at radius 3 is 3.00 bits per heavy atom. The van der Waals surface area contributed by atoms with Crippen LogP contribution in [-0.2, 0) is 11.3 Å². The second-order valence-corrected chi connectivity index (χ2v) is 3.62. The molecule has 0 aromatic carbocycles. The van der Waals surface area contributed by atoms with Crippen LogP contribution in [0.1, 0.15) is 10.4 Å². The molecule has 2 nitrogen and oxygen atoms in total. The van der Waals surface area contributed by atoms with Crippen LogP contribution in [0.15, 0.2) is 11.4 Å². The molecule has 0 bridgehead atoms. The van der Waals surface area contributed by atoms with Crippen molar-refractivity contribution in [2.24, 2.45) is 0 Å². The Labute approximate surface area is 90.5 Å². The molecule has 0 radical (unpaired) electrons. The van der Waals surface area contributed by atoms with Crippen LogP contribution in [-0.4, -0.2) is 24.7 Å². The molecule has 0 aliphatic rings.